The fourth-order valence-corrected chi connectivity index (χ4v) is 3.43. The Labute approximate surface area is 147 Å². The fraction of sp³-hybridized carbons (Fsp3) is 0.500. The monoisotopic (exact) mass is 366 g/mol. The summed E-state index contributed by atoms with van der Waals surface area (Å²) in [5.74, 6) is 0.357. The average Bonchev–Trinajstić information content (AvgIpc) is 3.33. The third-order valence-corrected chi connectivity index (χ3v) is 4.78. The maximum Gasteiger partial charge on any atom is 0.433 e. The van der Waals surface area contributed by atoms with Gasteiger partial charge in [0.1, 0.15) is 17.8 Å². The molecule has 0 saturated carbocycles. The van der Waals surface area contributed by atoms with Crippen LogP contribution < -0.4 is 9.80 Å². The van der Waals surface area contributed by atoms with Crippen molar-refractivity contribution in [3.63, 3.8) is 0 Å². The largest absolute Gasteiger partial charge is 0.433 e. The molecular weight excluding hydrogens is 349 g/mol. The summed E-state index contributed by atoms with van der Waals surface area (Å²) in [7, 11) is 0. The van der Waals surface area contributed by atoms with Crippen LogP contribution >= 0.6 is 0 Å². The molecule has 10 heteroatoms. The van der Waals surface area contributed by atoms with E-state index in [0.717, 1.165) is 30.9 Å². The Bertz CT molecular complexity index is 820. The van der Waals surface area contributed by atoms with Gasteiger partial charge in [0.15, 0.2) is 0 Å². The maximum atomic E-state index is 12.8. The molecule has 26 heavy (non-hydrogen) atoms. The number of halogens is 3. The number of nitrogens with zero attached hydrogens (tertiary/aromatic N) is 6. The summed E-state index contributed by atoms with van der Waals surface area (Å²) in [6.07, 6.45) is 2.08. The van der Waals surface area contributed by atoms with E-state index in [1.165, 1.54) is 0 Å². The van der Waals surface area contributed by atoms with Gasteiger partial charge in [-0.05, 0) is 12.8 Å². The molecule has 1 atom stereocenters. The van der Waals surface area contributed by atoms with E-state index in [2.05, 4.69) is 15.1 Å². The summed E-state index contributed by atoms with van der Waals surface area (Å²) in [6, 6.07) is 0.991. The van der Waals surface area contributed by atoms with Gasteiger partial charge in [-0.25, -0.2) is 9.97 Å². The van der Waals surface area contributed by atoms with E-state index in [1.807, 2.05) is 6.20 Å². The standard InChI is InChI=1S/C16H17F3N6O/c17-16(18,19)13-6-14(21-10-20-13)23-5-3-11(8-23)25-9-12(7-22-25)24-4-1-2-15(24)26/h6-7,9-11H,1-5,8H2. The lowest BCUT2D eigenvalue weighted by atomic mass is 10.3. The molecule has 2 saturated heterocycles. The molecule has 1 amide bonds. The Kier molecular flexibility index (Phi) is 4.04. The van der Waals surface area contributed by atoms with Crippen molar-refractivity contribution < 1.29 is 18.0 Å². The topological polar surface area (TPSA) is 67.2 Å². The average molecular weight is 366 g/mol. The van der Waals surface area contributed by atoms with Gasteiger partial charge in [-0.1, -0.05) is 0 Å². The van der Waals surface area contributed by atoms with Crippen LogP contribution in [0.3, 0.4) is 0 Å². The second-order valence-corrected chi connectivity index (χ2v) is 6.48. The highest BCUT2D eigenvalue weighted by molar-refractivity contribution is 5.95. The van der Waals surface area contributed by atoms with Crippen molar-refractivity contribution in [3.8, 4) is 0 Å². The van der Waals surface area contributed by atoms with Crippen LogP contribution in [0.25, 0.3) is 0 Å². The molecule has 2 aromatic rings. The highest BCUT2D eigenvalue weighted by atomic mass is 19.4. The summed E-state index contributed by atoms with van der Waals surface area (Å²) in [6.45, 7) is 1.78. The lowest BCUT2D eigenvalue weighted by Gasteiger charge is -2.18. The minimum absolute atomic E-state index is 0.0192. The number of alkyl halides is 3. The van der Waals surface area contributed by atoms with E-state index in [-0.39, 0.29) is 17.8 Å². The fourth-order valence-electron chi connectivity index (χ4n) is 3.43. The van der Waals surface area contributed by atoms with Gasteiger partial charge < -0.3 is 9.80 Å². The number of anilines is 2. The molecule has 0 aromatic carbocycles. The Morgan fingerprint density at radius 3 is 2.77 bits per heavy atom. The van der Waals surface area contributed by atoms with Gasteiger partial charge in [0.05, 0.1) is 17.9 Å². The number of rotatable bonds is 3. The van der Waals surface area contributed by atoms with Crippen molar-refractivity contribution in [1.82, 2.24) is 19.7 Å². The molecule has 0 spiro atoms. The van der Waals surface area contributed by atoms with E-state index < -0.39 is 11.9 Å². The normalized spacial score (nSPS) is 21.0. The molecule has 0 radical (unpaired) electrons. The lowest BCUT2D eigenvalue weighted by Crippen LogP contribution is -2.24. The second-order valence-electron chi connectivity index (χ2n) is 6.48. The number of carbonyl (C=O) groups is 1. The predicted molar refractivity (Wildman–Crippen MR) is 86.7 cm³/mol. The van der Waals surface area contributed by atoms with Crippen LogP contribution in [0.5, 0.6) is 0 Å². The summed E-state index contributed by atoms with van der Waals surface area (Å²) in [5.41, 5.74) is -0.174. The third-order valence-electron chi connectivity index (χ3n) is 4.78. The first-order valence-corrected chi connectivity index (χ1v) is 8.40. The first kappa shape index (κ1) is 16.8. The summed E-state index contributed by atoms with van der Waals surface area (Å²) < 4.78 is 40.3. The highest BCUT2D eigenvalue weighted by Gasteiger charge is 2.34. The number of carbonyl (C=O) groups excluding carboxylic acids is 1. The quantitative estimate of drug-likeness (QED) is 0.834. The Morgan fingerprint density at radius 1 is 1.19 bits per heavy atom. The zero-order chi connectivity index (χ0) is 18.3. The zero-order valence-corrected chi connectivity index (χ0v) is 13.9. The minimum Gasteiger partial charge on any atom is -0.354 e. The predicted octanol–water partition coefficient (Wildman–Crippen LogP) is 2.27. The van der Waals surface area contributed by atoms with Gasteiger partial charge in [0.2, 0.25) is 5.91 Å². The number of amides is 1. The molecule has 7 nitrogen and oxygen atoms in total. The molecule has 138 valence electrons. The Morgan fingerprint density at radius 2 is 2.04 bits per heavy atom. The Hall–Kier alpha value is -2.65. The van der Waals surface area contributed by atoms with Gasteiger partial charge >= 0.3 is 6.18 Å². The molecule has 0 N–H and O–H groups in total. The summed E-state index contributed by atoms with van der Waals surface area (Å²) in [4.78, 5) is 22.6. The lowest BCUT2D eigenvalue weighted by molar-refractivity contribution is -0.141. The van der Waals surface area contributed by atoms with Gasteiger partial charge in [-0.3, -0.25) is 9.48 Å². The number of aromatic nitrogens is 4. The number of hydrogen-bond donors (Lipinski definition) is 0. The Balaban J connectivity index is 1.47. The van der Waals surface area contributed by atoms with Crippen LogP contribution in [0.1, 0.15) is 31.0 Å². The van der Waals surface area contributed by atoms with E-state index >= 15 is 0 Å². The highest BCUT2D eigenvalue weighted by Crippen LogP contribution is 2.32. The van der Waals surface area contributed by atoms with Crippen LogP contribution in [0, 0.1) is 0 Å². The molecule has 2 fully saturated rings. The van der Waals surface area contributed by atoms with Crippen molar-refractivity contribution in [2.45, 2.75) is 31.5 Å². The third kappa shape index (κ3) is 3.11. The molecule has 1 unspecified atom stereocenters. The van der Waals surface area contributed by atoms with Gasteiger partial charge in [-0.15, -0.1) is 0 Å². The van der Waals surface area contributed by atoms with Crippen LogP contribution in [-0.2, 0) is 11.0 Å². The summed E-state index contributed by atoms with van der Waals surface area (Å²) >= 11 is 0. The molecular formula is C16H17F3N6O. The maximum absolute atomic E-state index is 12.8. The number of hydrogen-bond acceptors (Lipinski definition) is 5. The van der Waals surface area contributed by atoms with E-state index in [1.54, 1.807) is 20.7 Å². The molecule has 4 heterocycles. The zero-order valence-electron chi connectivity index (χ0n) is 13.9. The van der Waals surface area contributed by atoms with Crippen LogP contribution in [0.4, 0.5) is 24.7 Å². The molecule has 0 aliphatic carbocycles. The van der Waals surface area contributed by atoms with Gasteiger partial charge in [0.25, 0.3) is 0 Å². The summed E-state index contributed by atoms with van der Waals surface area (Å²) in [5, 5.41) is 4.35. The van der Waals surface area contributed by atoms with Crippen molar-refractivity contribution in [2.24, 2.45) is 0 Å². The molecule has 2 aliphatic heterocycles. The first-order valence-electron chi connectivity index (χ1n) is 8.40. The van der Waals surface area contributed by atoms with Crippen LogP contribution in [0.2, 0.25) is 0 Å². The van der Waals surface area contributed by atoms with Crippen molar-refractivity contribution in [3.05, 3.63) is 30.5 Å². The van der Waals surface area contributed by atoms with E-state index in [9.17, 15) is 18.0 Å². The first-order chi connectivity index (χ1) is 12.4. The van der Waals surface area contributed by atoms with Gasteiger partial charge in [-0.2, -0.15) is 18.3 Å². The van der Waals surface area contributed by atoms with Crippen molar-refractivity contribution in [1.29, 1.82) is 0 Å². The van der Waals surface area contributed by atoms with Crippen molar-refractivity contribution >= 4 is 17.4 Å². The second kappa shape index (κ2) is 6.26. The van der Waals surface area contributed by atoms with Crippen LogP contribution in [-0.4, -0.2) is 45.3 Å². The SMILES string of the molecule is O=C1CCCN1c1cnn(C2CCN(c3cc(C(F)(F)F)ncn3)C2)c1. The minimum atomic E-state index is -4.49. The van der Waals surface area contributed by atoms with Crippen molar-refractivity contribution in [2.75, 3.05) is 29.4 Å². The van der Waals surface area contributed by atoms with Gasteiger partial charge in [0, 0.05) is 38.3 Å². The molecule has 2 aliphatic rings. The van der Waals surface area contributed by atoms with E-state index in [0.29, 0.717) is 26.1 Å². The van der Waals surface area contributed by atoms with E-state index in [4.69, 9.17) is 0 Å². The molecule has 0 bridgehead atoms. The van der Waals surface area contributed by atoms with Crippen LogP contribution in [0.15, 0.2) is 24.8 Å². The smallest absolute Gasteiger partial charge is 0.354 e. The molecule has 4 rings (SSSR count). The molecule has 2 aromatic heterocycles.